The Bertz CT molecular complexity index is 245. The van der Waals surface area contributed by atoms with E-state index >= 15 is 0 Å². The Hall–Kier alpha value is -0.590. The lowest BCUT2D eigenvalue weighted by atomic mass is 9.98. The first-order chi connectivity index (χ1) is 8.20. The van der Waals surface area contributed by atoms with Crippen molar-refractivity contribution in [1.82, 2.24) is 5.32 Å². The molecule has 1 N–H and O–H groups in total. The van der Waals surface area contributed by atoms with E-state index in [9.17, 15) is 5.26 Å². The summed E-state index contributed by atoms with van der Waals surface area (Å²) < 4.78 is 5.56. The summed E-state index contributed by atoms with van der Waals surface area (Å²) in [5.74, 6) is 0. The molecule has 1 saturated carbocycles. The zero-order valence-electron chi connectivity index (χ0n) is 11.3. The quantitative estimate of drug-likeness (QED) is 0.595. The molecule has 0 radical (unpaired) electrons. The molecule has 0 bridgehead atoms. The fourth-order valence-corrected chi connectivity index (χ4v) is 1.92. The van der Waals surface area contributed by atoms with E-state index < -0.39 is 0 Å². The molecule has 0 spiro atoms. The maximum absolute atomic E-state index is 9.18. The number of hydrogen-bond donors (Lipinski definition) is 1. The van der Waals surface area contributed by atoms with Crippen molar-refractivity contribution in [2.24, 2.45) is 0 Å². The first-order valence-electron chi connectivity index (χ1n) is 6.97. The SMILES string of the molecule is CCCCCOCCCC(C)(C#N)NC1CC1. The van der Waals surface area contributed by atoms with E-state index in [0.717, 1.165) is 32.5 Å². The second-order valence-electron chi connectivity index (χ2n) is 5.29. The fraction of sp³-hybridized carbons (Fsp3) is 0.929. The van der Waals surface area contributed by atoms with Crippen LogP contribution in [0.5, 0.6) is 0 Å². The topological polar surface area (TPSA) is 45.0 Å². The van der Waals surface area contributed by atoms with E-state index in [2.05, 4.69) is 18.3 Å². The van der Waals surface area contributed by atoms with Gasteiger partial charge in [-0.3, -0.25) is 5.32 Å². The number of rotatable bonds is 10. The van der Waals surface area contributed by atoms with Gasteiger partial charge < -0.3 is 4.74 Å². The Kier molecular flexibility index (Phi) is 6.54. The molecule has 3 heteroatoms. The monoisotopic (exact) mass is 238 g/mol. The van der Waals surface area contributed by atoms with Crippen LogP contribution in [-0.4, -0.2) is 24.8 Å². The van der Waals surface area contributed by atoms with Gasteiger partial charge in [0, 0.05) is 19.3 Å². The number of nitriles is 1. The molecule has 0 saturated heterocycles. The number of nitrogens with zero attached hydrogens (tertiary/aromatic N) is 1. The van der Waals surface area contributed by atoms with Crippen molar-refractivity contribution in [1.29, 1.82) is 5.26 Å². The molecule has 17 heavy (non-hydrogen) atoms. The number of hydrogen-bond acceptors (Lipinski definition) is 3. The van der Waals surface area contributed by atoms with Crippen LogP contribution in [0.4, 0.5) is 0 Å². The highest BCUT2D eigenvalue weighted by Crippen LogP contribution is 2.24. The van der Waals surface area contributed by atoms with E-state index in [0.29, 0.717) is 6.04 Å². The van der Waals surface area contributed by atoms with Crippen LogP contribution in [0.2, 0.25) is 0 Å². The Morgan fingerprint density at radius 2 is 2.00 bits per heavy atom. The minimum absolute atomic E-state index is 0.353. The predicted octanol–water partition coefficient (Wildman–Crippen LogP) is 3.01. The number of ether oxygens (including phenoxy) is 1. The molecule has 98 valence electrons. The molecule has 1 rings (SSSR count). The molecule has 0 amide bonds. The lowest BCUT2D eigenvalue weighted by Gasteiger charge is -2.23. The highest BCUT2D eigenvalue weighted by Gasteiger charge is 2.31. The Morgan fingerprint density at radius 1 is 1.29 bits per heavy atom. The van der Waals surface area contributed by atoms with Crippen LogP contribution in [0.1, 0.15) is 58.8 Å². The average molecular weight is 238 g/mol. The van der Waals surface area contributed by atoms with Crippen molar-refractivity contribution in [2.45, 2.75) is 70.4 Å². The maximum Gasteiger partial charge on any atom is 0.104 e. The summed E-state index contributed by atoms with van der Waals surface area (Å²) in [6.45, 7) is 5.85. The summed E-state index contributed by atoms with van der Waals surface area (Å²) in [5.41, 5.74) is -0.353. The minimum atomic E-state index is -0.353. The second-order valence-corrected chi connectivity index (χ2v) is 5.29. The van der Waals surface area contributed by atoms with E-state index in [4.69, 9.17) is 4.74 Å². The summed E-state index contributed by atoms with van der Waals surface area (Å²) >= 11 is 0. The van der Waals surface area contributed by atoms with Gasteiger partial charge in [-0.25, -0.2) is 0 Å². The Morgan fingerprint density at radius 3 is 2.59 bits per heavy atom. The normalized spacial score (nSPS) is 18.6. The molecule has 1 atom stereocenters. The Labute approximate surface area is 106 Å². The van der Waals surface area contributed by atoms with E-state index in [-0.39, 0.29) is 5.54 Å². The van der Waals surface area contributed by atoms with Crippen molar-refractivity contribution >= 4 is 0 Å². The molecule has 0 aromatic carbocycles. The van der Waals surface area contributed by atoms with Crippen LogP contribution in [0.3, 0.4) is 0 Å². The van der Waals surface area contributed by atoms with Crippen LogP contribution in [0.25, 0.3) is 0 Å². The molecule has 1 aliphatic rings. The van der Waals surface area contributed by atoms with Gasteiger partial charge in [0.25, 0.3) is 0 Å². The second kappa shape index (κ2) is 7.68. The molecule has 0 aromatic heterocycles. The van der Waals surface area contributed by atoms with Crippen molar-refractivity contribution < 1.29 is 4.74 Å². The van der Waals surface area contributed by atoms with Crippen LogP contribution < -0.4 is 5.32 Å². The number of nitrogens with one attached hydrogen (secondary N) is 1. The summed E-state index contributed by atoms with van der Waals surface area (Å²) in [5, 5.41) is 12.6. The lowest BCUT2D eigenvalue weighted by molar-refractivity contribution is 0.122. The lowest BCUT2D eigenvalue weighted by Crippen LogP contribution is -2.42. The Balaban J connectivity index is 2.01. The van der Waals surface area contributed by atoms with Gasteiger partial charge in [0.2, 0.25) is 0 Å². The highest BCUT2D eigenvalue weighted by atomic mass is 16.5. The molecule has 1 aliphatic carbocycles. The smallest absolute Gasteiger partial charge is 0.104 e. The third-order valence-corrected chi connectivity index (χ3v) is 3.20. The molecule has 1 unspecified atom stereocenters. The molecule has 0 aromatic rings. The van der Waals surface area contributed by atoms with Gasteiger partial charge in [-0.1, -0.05) is 19.8 Å². The largest absolute Gasteiger partial charge is 0.381 e. The van der Waals surface area contributed by atoms with E-state index in [1.165, 1.54) is 25.7 Å². The summed E-state index contributed by atoms with van der Waals surface area (Å²) in [6.07, 6.45) is 7.95. The first-order valence-corrected chi connectivity index (χ1v) is 6.97. The molecule has 0 aliphatic heterocycles. The van der Waals surface area contributed by atoms with Gasteiger partial charge in [0.1, 0.15) is 5.54 Å². The third kappa shape index (κ3) is 6.65. The summed E-state index contributed by atoms with van der Waals surface area (Å²) in [6, 6.07) is 2.98. The van der Waals surface area contributed by atoms with Crippen molar-refractivity contribution in [3.63, 3.8) is 0 Å². The van der Waals surface area contributed by atoms with Gasteiger partial charge in [-0.2, -0.15) is 5.26 Å². The van der Waals surface area contributed by atoms with Gasteiger partial charge in [-0.05, 0) is 39.0 Å². The third-order valence-electron chi connectivity index (χ3n) is 3.20. The van der Waals surface area contributed by atoms with Crippen molar-refractivity contribution in [3.8, 4) is 6.07 Å². The van der Waals surface area contributed by atoms with Crippen LogP contribution >= 0.6 is 0 Å². The van der Waals surface area contributed by atoms with Crippen LogP contribution in [0.15, 0.2) is 0 Å². The summed E-state index contributed by atoms with van der Waals surface area (Å²) in [7, 11) is 0. The van der Waals surface area contributed by atoms with E-state index in [1.807, 2.05) is 6.92 Å². The fourth-order valence-electron chi connectivity index (χ4n) is 1.92. The van der Waals surface area contributed by atoms with E-state index in [1.54, 1.807) is 0 Å². The minimum Gasteiger partial charge on any atom is -0.381 e. The molecule has 0 heterocycles. The maximum atomic E-state index is 9.18. The molecule has 1 fully saturated rings. The standard InChI is InChI=1S/C14H26N2O/c1-3-4-5-10-17-11-6-9-14(2,12-15)16-13-7-8-13/h13,16H,3-11H2,1-2H3. The average Bonchev–Trinajstić information content (AvgIpc) is 3.12. The number of unbranched alkanes of at least 4 members (excludes halogenated alkanes) is 2. The van der Waals surface area contributed by atoms with Crippen molar-refractivity contribution in [3.05, 3.63) is 0 Å². The van der Waals surface area contributed by atoms with Gasteiger partial charge >= 0.3 is 0 Å². The van der Waals surface area contributed by atoms with Crippen molar-refractivity contribution in [2.75, 3.05) is 13.2 Å². The van der Waals surface area contributed by atoms with Gasteiger partial charge in [0.05, 0.1) is 6.07 Å². The van der Waals surface area contributed by atoms with Gasteiger partial charge in [0.15, 0.2) is 0 Å². The first kappa shape index (κ1) is 14.5. The molecular weight excluding hydrogens is 212 g/mol. The predicted molar refractivity (Wildman–Crippen MR) is 69.8 cm³/mol. The van der Waals surface area contributed by atoms with Crippen LogP contribution in [-0.2, 0) is 4.74 Å². The van der Waals surface area contributed by atoms with Crippen LogP contribution in [0, 0.1) is 11.3 Å². The highest BCUT2D eigenvalue weighted by molar-refractivity contribution is 5.06. The zero-order valence-corrected chi connectivity index (χ0v) is 11.3. The summed E-state index contributed by atoms with van der Waals surface area (Å²) in [4.78, 5) is 0. The van der Waals surface area contributed by atoms with Gasteiger partial charge in [-0.15, -0.1) is 0 Å². The zero-order chi connectivity index (χ0) is 12.6. The molecule has 3 nitrogen and oxygen atoms in total. The molecular formula is C14H26N2O.